The summed E-state index contributed by atoms with van der Waals surface area (Å²) in [4.78, 5) is 12.2. The van der Waals surface area contributed by atoms with Crippen molar-refractivity contribution >= 4 is 17.4 Å². The Morgan fingerprint density at radius 2 is 1.90 bits per heavy atom. The minimum Gasteiger partial charge on any atom is -0.294 e. The summed E-state index contributed by atoms with van der Waals surface area (Å²) in [6.07, 6.45) is -0.215. The third kappa shape index (κ3) is 2.88. The molecule has 0 atom stereocenters. The van der Waals surface area contributed by atoms with E-state index in [0.29, 0.717) is 5.56 Å². The van der Waals surface area contributed by atoms with Gasteiger partial charge in [0.1, 0.15) is 11.6 Å². The number of Topliss-reactive ketones (excluding diaryl/α,β-unsaturated/α-hetero) is 1. The molecule has 2 rings (SSSR count). The van der Waals surface area contributed by atoms with Crippen LogP contribution in [0.4, 0.5) is 8.78 Å². The maximum atomic E-state index is 13.9. The lowest BCUT2D eigenvalue weighted by Crippen LogP contribution is -2.10. The first-order valence-corrected chi connectivity index (χ1v) is 6.50. The fourth-order valence-electron chi connectivity index (χ4n) is 2.22. The smallest absolute Gasteiger partial charge is 0.170 e. The molecule has 0 amide bonds. The Hall–Kier alpha value is -1.74. The number of carbonyl (C=O) groups excluding carboxylic acids is 1. The molecule has 0 heterocycles. The average Bonchev–Trinajstić information content (AvgIpc) is 2.33. The fourth-order valence-corrected chi connectivity index (χ4v) is 2.41. The summed E-state index contributed by atoms with van der Waals surface area (Å²) in [7, 11) is 0. The Bertz CT molecular complexity index is 657. The Morgan fingerprint density at radius 1 is 1.20 bits per heavy atom. The van der Waals surface area contributed by atoms with Crippen molar-refractivity contribution in [2.75, 3.05) is 0 Å². The van der Waals surface area contributed by atoms with Crippen LogP contribution in [0, 0.1) is 25.5 Å². The van der Waals surface area contributed by atoms with E-state index in [1.165, 1.54) is 18.2 Å². The van der Waals surface area contributed by atoms with Crippen LogP contribution in [0.5, 0.6) is 0 Å². The molecular formula is C16H13ClF2O. The van der Waals surface area contributed by atoms with Gasteiger partial charge >= 0.3 is 0 Å². The zero-order valence-electron chi connectivity index (χ0n) is 11.1. The number of benzene rings is 2. The number of carbonyl (C=O) groups is 1. The monoisotopic (exact) mass is 294 g/mol. The molecule has 0 fully saturated rings. The van der Waals surface area contributed by atoms with Gasteiger partial charge in [-0.2, -0.15) is 0 Å². The predicted molar refractivity (Wildman–Crippen MR) is 75.3 cm³/mol. The molecule has 0 aliphatic heterocycles. The first-order valence-electron chi connectivity index (χ1n) is 6.13. The van der Waals surface area contributed by atoms with Crippen LogP contribution in [0.2, 0.25) is 5.02 Å². The molecule has 0 spiro atoms. The van der Waals surface area contributed by atoms with Crippen molar-refractivity contribution in [3.63, 3.8) is 0 Å². The second-order valence-electron chi connectivity index (χ2n) is 4.75. The highest BCUT2D eigenvalue weighted by Crippen LogP contribution is 2.22. The number of ketones is 1. The largest absolute Gasteiger partial charge is 0.294 e. The molecule has 0 bridgehead atoms. The summed E-state index contributed by atoms with van der Waals surface area (Å²) >= 11 is 5.67. The van der Waals surface area contributed by atoms with E-state index in [9.17, 15) is 13.6 Å². The number of halogens is 3. The number of aryl methyl sites for hydroxylation is 2. The summed E-state index contributed by atoms with van der Waals surface area (Å²) in [5.74, 6) is -1.66. The van der Waals surface area contributed by atoms with Gasteiger partial charge in [-0.1, -0.05) is 29.8 Å². The highest BCUT2D eigenvalue weighted by Gasteiger charge is 2.18. The van der Waals surface area contributed by atoms with Crippen LogP contribution >= 0.6 is 11.6 Å². The number of hydrogen-bond acceptors (Lipinski definition) is 1. The lowest BCUT2D eigenvalue weighted by atomic mass is 9.97. The van der Waals surface area contributed by atoms with Crippen LogP contribution in [-0.2, 0) is 6.42 Å². The average molecular weight is 295 g/mol. The van der Waals surface area contributed by atoms with Gasteiger partial charge in [0.2, 0.25) is 0 Å². The van der Waals surface area contributed by atoms with E-state index in [2.05, 4.69) is 0 Å². The Labute approximate surface area is 121 Å². The second-order valence-corrected chi connectivity index (χ2v) is 5.16. The Balaban J connectivity index is 2.36. The molecule has 0 saturated carbocycles. The SMILES string of the molecule is Cc1cc(C)c(C(=O)Cc2cccc(Cl)c2F)c(F)c1. The quantitative estimate of drug-likeness (QED) is 0.752. The van der Waals surface area contributed by atoms with Crippen molar-refractivity contribution in [2.24, 2.45) is 0 Å². The van der Waals surface area contributed by atoms with Gasteiger partial charge in [0.05, 0.1) is 10.6 Å². The molecular weight excluding hydrogens is 282 g/mol. The molecule has 0 aromatic heterocycles. The number of hydrogen-bond donors (Lipinski definition) is 0. The summed E-state index contributed by atoms with van der Waals surface area (Å²) in [5, 5.41) is -0.0450. The molecule has 20 heavy (non-hydrogen) atoms. The third-order valence-corrected chi connectivity index (χ3v) is 3.39. The molecule has 0 aliphatic carbocycles. The summed E-state index contributed by atoms with van der Waals surface area (Å²) in [5.41, 5.74) is 1.47. The van der Waals surface area contributed by atoms with E-state index in [4.69, 9.17) is 11.6 Å². The van der Waals surface area contributed by atoms with Gasteiger partial charge in [-0.15, -0.1) is 0 Å². The van der Waals surface area contributed by atoms with E-state index < -0.39 is 17.4 Å². The summed E-state index contributed by atoms with van der Waals surface area (Å²) in [6, 6.07) is 7.47. The molecule has 2 aromatic rings. The Kier molecular flexibility index (Phi) is 4.19. The van der Waals surface area contributed by atoms with Crippen LogP contribution in [0.15, 0.2) is 30.3 Å². The zero-order chi connectivity index (χ0) is 14.9. The van der Waals surface area contributed by atoms with Crippen molar-refractivity contribution in [1.29, 1.82) is 0 Å². The van der Waals surface area contributed by atoms with E-state index >= 15 is 0 Å². The lowest BCUT2D eigenvalue weighted by Gasteiger charge is -2.09. The zero-order valence-corrected chi connectivity index (χ0v) is 11.9. The van der Waals surface area contributed by atoms with Gasteiger partial charge in [-0.25, -0.2) is 8.78 Å². The highest BCUT2D eigenvalue weighted by molar-refractivity contribution is 6.30. The fraction of sp³-hybridized carbons (Fsp3) is 0.188. The van der Waals surface area contributed by atoms with Crippen LogP contribution in [0.3, 0.4) is 0 Å². The van der Waals surface area contributed by atoms with Gasteiger partial charge in [0.25, 0.3) is 0 Å². The van der Waals surface area contributed by atoms with Crippen LogP contribution in [0.1, 0.15) is 27.0 Å². The molecule has 0 aliphatic rings. The molecule has 0 radical (unpaired) electrons. The van der Waals surface area contributed by atoms with Crippen LogP contribution in [-0.4, -0.2) is 5.78 Å². The standard InChI is InChI=1S/C16H13ClF2O/c1-9-6-10(2)15(13(18)7-9)14(20)8-11-4-3-5-12(17)16(11)19/h3-7H,8H2,1-2H3. The predicted octanol–water partition coefficient (Wildman–Crippen LogP) is 4.66. The molecule has 4 heteroatoms. The first-order chi connectivity index (χ1) is 9.40. The molecule has 104 valence electrons. The van der Waals surface area contributed by atoms with Crippen LogP contribution in [0.25, 0.3) is 0 Å². The minimum atomic E-state index is -0.632. The van der Waals surface area contributed by atoms with E-state index in [1.807, 2.05) is 0 Å². The highest BCUT2D eigenvalue weighted by atomic mass is 35.5. The minimum absolute atomic E-state index is 0.00924. The maximum absolute atomic E-state index is 13.9. The van der Waals surface area contributed by atoms with Crippen molar-refractivity contribution in [3.8, 4) is 0 Å². The lowest BCUT2D eigenvalue weighted by molar-refractivity contribution is 0.0987. The first kappa shape index (κ1) is 14.7. The van der Waals surface area contributed by atoms with Gasteiger partial charge < -0.3 is 0 Å². The Morgan fingerprint density at radius 3 is 2.55 bits per heavy atom. The maximum Gasteiger partial charge on any atom is 0.170 e. The van der Waals surface area contributed by atoms with Crippen molar-refractivity contribution in [1.82, 2.24) is 0 Å². The molecule has 1 nitrogen and oxygen atoms in total. The normalized spacial score (nSPS) is 10.7. The van der Waals surface area contributed by atoms with Crippen molar-refractivity contribution in [2.45, 2.75) is 20.3 Å². The summed E-state index contributed by atoms with van der Waals surface area (Å²) < 4.78 is 27.7. The topological polar surface area (TPSA) is 17.1 Å². The van der Waals surface area contributed by atoms with E-state index in [1.54, 1.807) is 26.0 Å². The van der Waals surface area contributed by atoms with Crippen LogP contribution < -0.4 is 0 Å². The van der Waals surface area contributed by atoms with Gasteiger partial charge in [-0.3, -0.25) is 4.79 Å². The third-order valence-electron chi connectivity index (χ3n) is 3.09. The van der Waals surface area contributed by atoms with E-state index in [0.717, 1.165) is 5.56 Å². The molecule has 0 unspecified atom stereocenters. The van der Waals surface area contributed by atoms with E-state index in [-0.39, 0.29) is 22.6 Å². The van der Waals surface area contributed by atoms with Gasteiger partial charge in [-0.05, 0) is 42.7 Å². The number of rotatable bonds is 3. The second kappa shape index (κ2) is 5.71. The summed E-state index contributed by atoms with van der Waals surface area (Å²) in [6.45, 7) is 3.42. The van der Waals surface area contributed by atoms with Crippen molar-refractivity contribution in [3.05, 3.63) is 69.2 Å². The molecule has 2 aromatic carbocycles. The van der Waals surface area contributed by atoms with Gasteiger partial charge in [0, 0.05) is 6.42 Å². The van der Waals surface area contributed by atoms with Gasteiger partial charge in [0.15, 0.2) is 5.78 Å². The van der Waals surface area contributed by atoms with Crippen molar-refractivity contribution < 1.29 is 13.6 Å². The molecule has 0 N–H and O–H groups in total. The molecule has 0 saturated heterocycles.